The van der Waals surface area contributed by atoms with E-state index >= 15 is 0 Å². The molecule has 0 aliphatic carbocycles. The number of hydrogen-bond donors (Lipinski definition) is 1. The number of hydrogen-bond acceptors (Lipinski definition) is 4. The lowest BCUT2D eigenvalue weighted by Crippen LogP contribution is -2.27. The van der Waals surface area contributed by atoms with Crippen molar-refractivity contribution >= 4 is 0 Å². The van der Waals surface area contributed by atoms with E-state index in [9.17, 15) is 9.50 Å². The molecule has 4 nitrogen and oxygen atoms in total. The van der Waals surface area contributed by atoms with Crippen molar-refractivity contribution in [2.45, 2.75) is 19.6 Å². The molecule has 0 aliphatic rings. The van der Waals surface area contributed by atoms with Gasteiger partial charge in [0.05, 0.1) is 18.0 Å². The minimum absolute atomic E-state index is 0.00960. The normalized spacial score (nSPS) is 14.1. The van der Waals surface area contributed by atoms with E-state index in [0.717, 1.165) is 18.3 Å². The molecule has 2 heterocycles. The number of pyridine rings is 2. The van der Waals surface area contributed by atoms with Crippen LogP contribution in [0.3, 0.4) is 0 Å². The summed E-state index contributed by atoms with van der Waals surface area (Å²) in [6.07, 6.45) is 4.00. The van der Waals surface area contributed by atoms with Crippen molar-refractivity contribution < 1.29 is 9.50 Å². The van der Waals surface area contributed by atoms with Crippen LogP contribution in [0.5, 0.6) is 0 Å². The monoisotopic (exact) mass is 289 g/mol. The second-order valence-electron chi connectivity index (χ2n) is 5.38. The molecule has 0 saturated heterocycles. The van der Waals surface area contributed by atoms with E-state index in [1.54, 1.807) is 6.20 Å². The van der Waals surface area contributed by atoms with E-state index in [1.807, 2.05) is 32.3 Å². The van der Waals surface area contributed by atoms with Gasteiger partial charge in [-0.05, 0) is 30.8 Å². The van der Waals surface area contributed by atoms with E-state index in [4.69, 9.17) is 0 Å². The van der Waals surface area contributed by atoms with Gasteiger partial charge in [-0.15, -0.1) is 0 Å². The van der Waals surface area contributed by atoms with Crippen LogP contribution in [0.15, 0.2) is 42.9 Å². The Hall–Kier alpha value is -1.85. The average molecular weight is 289 g/mol. The Balaban J connectivity index is 1.91. The first-order valence-electron chi connectivity index (χ1n) is 6.93. The molecule has 2 unspecified atom stereocenters. The predicted molar refractivity (Wildman–Crippen MR) is 78.9 cm³/mol. The minimum atomic E-state index is -0.707. The van der Waals surface area contributed by atoms with Gasteiger partial charge >= 0.3 is 0 Å². The summed E-state index contributed by atoms with van der Waals surface area (Å²) >= 11 is 0. The molecule has 21 heavy (non-hydrogen) atoms. The van der Waals surface area contributed by atoms with Gasteiger partial charge in [0.1, 0.15) is 5.82 Å². The lowest BCUT2D eigenvalue weighted by Gasteiger charge is -2.24. The highest BCUT2D eigenvalue weighted by Gasteiger charge is 2.19. The number of halogens is 1. The summed E-state index contributed by atoms with van der Waals surface area (Å²) in [5.74, 6) is -0.406. The van der Waals surface area contributed by atoms with E-state index in [1.165, 1.54) is 12.1 Å². The highest BCUT2D eigenvalue weighted by Crippen LogP contribution is 2.21. The van der Waals surface area contributed by atoms with Gasteiger partial charge in [0.2, 0.25) is 0 Å². The Morgan fingerprint density at radius 1 is 1.29 bits per heavy atom. The number of rotatable bonds is 6. The Kier molecular flexibility index (Phi) is 5.36. The van der Waals surface area contributed by atoms with Gasteiger partial charge in [-0.25, -0.2) is 4.39 Å². The quantitative estimate of drug-likeness (QED) is 0.887. The molecule has 5 heteroatoms. The van der Waals surface area contributed by atoms with Gasteiger partial charge in [0, 0.05) is 31.4 Å². The zero-order chi connectivity index (χ0) is 15.2. The van der Waals surface area contributed by atoms with Gasteiger partial charge < -0.3 is 10.0 Å². The smallest absolute Gasteiger partial charge is 0.141 e. The van der Waals surface area contributed by atoms with Gasteiger partial charge in [-0.2, -0.15) is 0 Å². The van der Waals surface area contributed by atoms with Crippen LogP contribution in [0.25, 0.3) is 0 Å². The van der Waals surface area contributed by atoms with Crippen molar-refractivity contribution in [3.63, 3.8) is 0 Å². The number of aliphatic hydroxyl groups is 1. The summed E-state index contributed by atoms with van der Waals surface area (Å²) in [5.41, 5.74) is 1.63. The first-order valence-corrected chi connectivity index (χ1v) is 6.93. The maximum Gasteiger partial charge on any atom is 0.141 e. The molecule has 0 bridgehead atoms. The van der Waals surface area contributed by atoms with Gasteiger partial charge in [-0.3, -0.25) is 9.97 Å². The fourth-order valence-electron chi connectivity index (χ4n) is 2.31. The SMILES string of the molecule is CC(CN(C)Cc1cccnc1)C(O)c1ccc(F)cn1. The molecule has 2 atom stereocenters. The van der Waals surface area contributed by atoms with Gasteiger partial charge in [0.25, 0.3) is 0 Å². The zero-order valence-electron chi connectivity index (χ0n) is 12.3. The summed E-state index contributed by atoms with van der Waals surface area (Å²) in [5, 5.41) is 10.3. The largest absolute Gasteiger partial charge is 0.386 e. The Morgan fingerprint density at radius 3 is 2.71 bits per heavy atom. The van der Waals surface area contributed by atoms with Gasteiger partial charge in [0.15, 0.2) is 0 Å². The molecule has 2 rings (SSSR count). The third-order valence-corrected chi connectivity index (χ3v) is 3.37. The molecule has 112 valence electrons. The Labute approximate surface area is 124 Å². The number of aliphatic hydroxyl groups excluding tert-OH is 1. The molecule has 0 fully saturated rings. The lowest BCUT2D eigenvalue weighted by molar-refractivity contribution is 0.0896. The predicted octanol–water partition coefficient (Wildman–Crippen LogP) is 2.42. The van der Waals surface area contributed by atoms with Crippen molar-refractivity contribution in [2.24, 2.45) is 5.92 Å². The van der Waals surface area contributed by atoms with Crippen LogP contribution in [-0.2, 0) is 6.54 Å². The molecule has 2 aromatic rings. The molecule has 0 saturated carbocycles. The summed E-state index contributed by atoms with van der Waals surface area (Å²) < 4.78 is 12.8. The molecule has 2 aromatic heterocycles. The van der Waals surface area contributed by atoms with Crippen molar-refractivity contribution in [3.05, 3.63) is 59.9 Å². The molecule has 0 aromatic carbocycles. The lowest BCUT2D eigenvalue weighted by atomic mass is 10.0. The van der Waals surface area contributed by atoms with Crippen molar-refractivity contribution in [2.75, 3.05) is 13.6 Å². The van der Waals surface area contributed by atoms with Crippen molar-refractivity contribution in [1.82, 2.24) is 14.9 Å². The van der Waals surface area contributed by atoms with Crippen LogP contribution >= 0.6 is 0 Å². The summed E-state index contributed by atoms with van der Waals surface area (Å²) in [6.45, 7) is 3.42. The van der Waals surface area contributed by atoms with Crippen LogP contribution in [0.1, 0.15) is 24.3 Å². The van der Waals surface area contributed by atoms with E-state index in [2.05, 4.69) is 14.9 Å². The molecular weight excluding hydrogens is 269 g/mol. The van der Waals surface area contributed by atoms with Crippen LogP contribution < -0.4 is 0 Å². The first-order chi connectivity index (χ1) is 10.1. The maximum atomic E-state index is 12.8. The first kappa shape index (κ1) is 15.5. The molecular formula is C16H20FN3O. The second kappa shape index (κ2) is 7.24. The van der Waals surface area contributed by atoms with Crippen LogP contribution in [0, 0.1) is 11.7 Å². The standard InChI is InChI=1S/C16H20FN3O/c1-12(16(21)15-6-5-14(17)9-19-15)10-20(2)11-13-4-3-7-18-8-13/h3-9,12,16,21H,10-11H2,1-2H3. The van der Waals surface area contributed by atoms with E-state index in [0.29, 0.717) is 12.2 Å². The van der Waals surface area contributed by atoms with Crippen LogP contribution in [0.2, 0.25) is 0 Å². The molecule has 0 amide bonds. The zero-order valence-corrected chi connectivity index (χ0v) is 12.3. The molecule has 0 aliphatic heterocycles. The fourth-order valence-corrected chi connectivity index (χ4v) is 2.31. The van der Waals surface area contributed by atoms with E-state index < -0.39 is 11.9 Å². The maximum absolute atomic E-state index is 12.8. The van der Waals surface area contributed by atoms with Gasteiger partial charge in [-0.1, -0.05) is 13.0 Å². The third kappa shape index (κ3) is 4.58. The van der Waals surface area contributed by atoms with Crippen molar-refractivity contribution in [1.29, 1.82) is 0 Å². The molecule has 0 radical (unpaired) electrons. The fraction of sp³-hybridized carbons (Fsp3) is 0.375. The Morgan fingerprint density at radius 2 is 2.10 bits per heavy atom. The number of nitrogens with zero attached hydrogens (tertiary/aromatic N) is 3. The van der Waals surface area contributed by atoms with Crippen LogP contribution in [0.4, 0.5) is 4.39 Å². The number of aromatic nitrogens is 2. The molecule has 0 spiro atoms. The van der Waals surface area contributed by atoms with Crippen LogP contribution in [-0.4, -0.2) is 33.6 Å². The second-order valence-corrected chi connectivity index (χ2v) is 5.38. The highest BCUT2D eigenvalue weighted by atomic mass is 19.1. The topological polar surface area (TPSA) is 49.2 Å². The summed E-state index contributed by atoms with van der Waals surface area (Å²) in [4.78, 5) is 10.1. The average Bonchev–Trinajstić information content (AvgIpc) is 2.48. The third-order valence-electron chi connectivity index (χ3n) is 3.37. The highest BCUT2D eigenvalue weighted by molar-refractivity contribution is 5.10. The van der Waals surface area contributed by atoms with E-state index in [-0.39, 0.29) is 5.92 Å². The molecule has 1 N–H and O–H groups in total. The minimum Gasteiger partial charge on any atom is -0.386 e. The van der Waals surface area contributed by atoms with Crippen molar-refractivity contribution in [3.8, 4) is 0 Å². The summed E-state index contributed by atoms with van der Waals surface area (Å²) in [6, 6.07) is 6.77. The summed E-state index contributed by atoms with van der Waals surface area (Å²) in [7, 11) is 1.99. The Bertz CT molecular complexity index is 547.